The fourth-order valence-electron chi connectivity index (χ4n) is 2.90. The number of aromatic nitrogens is 1. The molecule has 1 fully saturated rings. The van der Waals surface area contributed by atoms with E-state index in [0.717, 1.165) is 29.7 Å². The van der Waals surface area contributed by atoms with Crippen LogP contribution >= 0.6 is 11.3 Å². The number of hydrogen-bond acceptors (Lipinski definition) is 4. The number of pyridine rings is 1. The first kappa shape index (κ1) is 15.2. The van der Waals surface area contributed by atoms with Crippen molar-refractivity contribution in [2.24, 2.45) is 5.92 Å². The number of carbonyl (C=O) groups excluding carboxylic acids is 1. The zero-order valence-electron chi connectivity index (χ0n) is 12.3. The molecule has 0 aromatic carbocycles. The van der Waals surface area contributed by atoms with Gasteiger partial charge in [-0.05, 0) is 54.3 Å². The second kappa shape index (κ2) is 7.03. The van der Waals surface area contributed by atoms with Crippen molar-refractivity contribution >= 4 is 17.2 Å². The Labute approximate surface area is 134 Å². The number of rotatable bonds is 6. The predicted octanol–water partition coefficient (Wildman–Crippen LogP) is 2.18. The van der Waals surface area contributed by atoms with Crippen LogP contribution in [0.2, 0.25) is 0 Å². The Balaban J connectivity index is 1.62. The van der Waals surface area contributed by atoms with Gasteiger partial charge in [0.05, 0.1) is 12.5 Å². The molecule has 0 aliphatic heterocycles. The number of amides is 1. The van der Waals surface area contributed by atoms with Gasteiger partial charge in [-0.15, -0.1) is 11.3 Å². The molecule has 0 radical (unpaired) electrons. The third-order valence-electron chi connectivity index (χ3n) is 4.18. The Hall–Kier alpha value is -1.72. The Kier molecular flexibility index (Phi) is 4.85. The van der Waals surface area contributed by atoms with E-state index in [1.807, 2.05) is 29.6 Å². The summed E-state index contributed by atoms with van der Waals surface area (Å²) in [4.78, 5) is 17.4. The molecule has 22 heavy (non-hydrogen) atoms. The minimum atomic E-state index is -0.209. The molecule has 2 N–H and O–H groups in total. The molecule has 5 heteroatoms. The molecule has 0 saturated heterocycles. The van der Waals surface area contributed by atoms with Crippen LogP contribution in [0.4, 0.5) is 0 Å². The molecule has 3 rings (SSSR count). The first-order chi connectivity index (χ1) is 10.7. The third kappa shape index (κ3) is 3.93. The Morgan fingerprint density at radius 1 is 1.36 bits per heavy atom. The summed E-state index contributed by atoms with van der Waals surface area (Å²) in [6.07, 6.45) is 6.10. The fourth-order valence-corrected chi connectivity index (χ4v) is 3.60. The van der Waals surface area contributed by atoms with Gasteiger partial charge in [0.25, 0.3) is 0 Å². The minimum absolute atomic E-state index is 0.0582. The molecule has 0 unspecified atom stereocenters. The average molecular weight is 316 g/mol. The lowest BCUT2D eigenvalue weighted by molar-refractivity contribution is -0.122. The van der Waals surface area contributed by atoms with Crippen LogP contribution in [0.25, 0.3) is 0 Å². The van der Waals surface area contributed by atoms with Crippen molar-refractivity contribution in [3.63, 3.8) is 0 Å². The van der Waals surface area contributed by atoms with E-state index >= 15 is 0 Å². The van der Waals surface area contributed by atoms with Crippen molar-refractivity contribution in [1.82, 2.24) is 10.3 Å². The average Bonchev–Trinajstić information content (AvgIpc) is 2.97. The second-order valence-corrected chi connectivity index (χ2v) is 6.91. The predicted molar refractivity (Wildman–Crippen MR) is 86.6 cm³/mol. The molecule has 2 aromatic heterocycles. The topological polar surface area (TPSA) is 62.2 Å². The lowest BCUT2D eigenvalue weighted by Gasteiger charge is -2.38. The summed E-state index contributed by atoms with van der Waals surface area (Å²) in [6, 6.07) is 7.98. The summed E-state index contributed by atoms with van der Waals surface area (Å²) in [7, 11) is 0. The van der Waals surface area contributed by atoms with Crippen LogP contribution in [0.3, 0.4) is 0 Å². The largest absolute Gasteiger partial charge is 0.393 e. The zero-order chi connectivity index (χ0) is 15.4. The van der Waals surface area contributed by atoms with Crippen LogP contribution in [0.15, 0.2) is 42.0 Å². The molecule has 2 heterocycles. The van der Waals surface area contributed by atoms with E-state index in [4.69, 9.17) is 0 Å². The smallest absolute Gasteiger partial charge is 0.225 e. The molecule has 1 aliphatic carbocycles. The van der Waals surface area contributed by atoms with Gasteiger partial charge in [-0.1, -0.05) is 6.07 Å². The lowest BCUT2D eigenvalue weighted by Crippen LogP contribution is -2.48. The highest BCUT2D eigenvalue weighted by Crippen LogP contribution is 2.31. The van der Waals surface area contributed by atoms with Gasteiger partial charge < -0.3 is 10.4 Å². The summed E-state index contributed by atoms with van der Waals surface area (Å²) < 4.78 is 0. The summed E-state index contributed by atoms with van der Waals surface area (Å²) in [5.74, 6) is 0.415. The van der Waals surface area contributed by atoms with Gasteiger partial charge >= 0.3 is 0 Å². The standard InChI is InChI=1S/C17H20N2O2S/c20-14-9-13(10-14)16(8-12-3-5-18-6-4-12)19-17(21)11-15-2-1-7-22-15/h1-7,13-14,16,20H,8-11H2,(H,19,21)/t13?,14?,16-/m0/s1. The molecule has 1 amide bonds. The molecular formula is C17H20N2O2S. The van der Waals surface area contributed by atoms with E-state index in [0.29, 0.717) is 12.3 Å². The molecular weight excluding hydrogens is 296 g/mol. The van der Waals surface area contributed by atoms with E-state index in [2.05, 4.69) is 10.3 Å². The van der Waals surface area contributed by atoms with Crippen molar-refractivity contribution in [2.75, 3.05) is 0 Å². The SMILES string of the molecule is O=C(Cc1cccs1)N[C@@H](Cc1ccncc1)C1CC(O)C1. The van der Waals surface area contributed by atoms with E-state index < -0.39 is 0 Å². The van der Waals surface area contributed by atoms with Crippen molar-refractivity contribution in [3.8, 4) is 0 Å². The van der Waals surface area contributed by atoms with Crippen molar-refractivity contribution in [3.05, 3.63) is 52.5 Å². The molecule has 1 saturated carbocycles. The molecule has 1 aliphatic rings. The second-order valence-electron chi connectivity index (χ2n) is 5.88. The quantitative estimate of drug-likeness (QED) is 0.859. The van der Waals surface area contributed by atoms with Crippen molar-refractivity contribution in [2.45, 2.75) is 37.8 Å². The van der Waals surface area contributed by atoms with Crippen LogP contribution in [-0.4, -0.2) is 28.1 Å². The van der Waals surface area contributed by atoms with Crippen LogP contribution < -0.4 is 5.32 Å². The zero-order valence-corrected chi connectivity index (χ0v) is 13.1. The highest BCUT2D eigenvalue weighted by atomic mass is 32.1. The van der Waals surface area contributed by atoms with Crippen molar-refractivity contribution < 1.29 is 9.90 Å². The molecule has 0 bridgehead atoms. The highest BCUT2D eigenvalue weighted by molar-refractivity contribution is 7.10. The maximum absolute atomic E-state index is 12.3. The fraction of sp³-hybridized carbons (Fsp3) is 0.412. The summed E-state index contributed by atoms with van der Waals surface area (Å²) in [5.41, 5.74) is 1.16. The van der Waals surface area contributed by atoms with Gasteiger partial charge in [0.1, 0.15) is 0 Å². The first-order valence-electron chi connectivity index (χ1n) is 7.59. The van der Waals surface area contributed by atoms with Gasteiger partial charge in [-0.25, -0.2) is 0 Å². The van der Waals surface area contributed by atoms with Crippen LogP contribution in [0.1, 0.15) is 23.3 Å². The number of thiophene rings is 1. The lowest BCUT2D eigenvalue weighted by atomic mass is 9.75. The van der Waals surface area contributed by atoms with Crippen LogP contribution in [0.5, 0.6) is 0 Å². The van der Waals surface area contributed by atoms with Gasteiger partial charge in [-0.2, -0.15) is 0 Å². The van der Waals surface area contributed by atoms with Crippen molar-refractivity contribution in [1.29, 1.82) is 0 Å². The van der Waals surface area contributed by atoms with Gasteiger partial charge in [0, 0.05) is 23.3 Å². The number of aliphatic hydroxyl groups is 1. The Morgan fingerprint density at radius 3 is 2.77 bits per heavy atom. The molecule has 0 spiro atoms. The van der Waals surface area contributed by atoms with Gasteiger partial charge in [0.15, 0.2) is 0 Å². The highest BCUT2D eigenvalue weighted by Gasteiger charge is 2.34. The number of nitrogens with one attached hydrogen (secondary N) is 1. The van der Waals surface area contributed by atoms with Crippen LogP contribution in [0, 0.1) is 5.92 Å². The molecule has 2 aromatic rings. The van der Waals surface area contributed by atoms with E-state index in [1.54, 1.807) is 23.7 Å². The molecule has 1 atom stereocenters. The number of nitrogens with zero attached hydrogens (tertiary/aromatic N) is 1. The number of hydrogen-bond donors (Lipinski definition) is 2. The third-order valence-corrected chi connectivity index (χ3v) is 5.06. The molecule has 4 nitrogen and oxygen atoms in total. The van der Waals surface area contributed by atoms with E-state index in [1.165, 1.54) is 0 Å². The number of carbonyl (C=O) groups is 1. The maximum atomic E-state index is 12.3. The number of aliphatic hydroxyl groups excluding tert-OH is 1. The van der Waals surface area contributed by atoms with Gasteiger partial charge in [-0.3, -0.25) is 9.78 Å². The normalized spacial score (nSPS) is 21.9. The summed E-state index contributed by atoms with van der Waals surface area (Å²) in [6.45, 7) is 0. The van der Waals surface area contributed by atoms with Gasteiger partial charge in [0.2, 0.25) is 5.91 Å². The summed E-state index contributed by atoms with van der Waals surface area (Å²) in [5, 5.41) is 14.7. The Bertz CT molecular complexity index is 594. The van der Waals surface area contributed by atoms with E-state index in [-0.39, 0.29) is 18.1 Å². The monoisotopic (exact) mass is 316 g/mol. The van der Waals surface area contributed by atoms with E-state index in [9.17, 15) is 9.90 Å². The van der Waals surface area contributed by atoms with Crippen LogP contribution in [-0.2, 0) is 17.6 Å². The minimum Gasteiger partial charge on any atom is -0.393 e. The molecule has 116 valence electrons. The maximum Gasteiger partial charge on any atom is 0.225 e. The Morgan fingerprint density at radius 2 is 2.14 bits per heavy atom. The summed E-state index contributed by atoms with van der Waals surface area (Å²) >= 11 is 1.60. The first-order valence-corrected chi connectivity index (χ1v) is 8.47.